The second kappa shape index (κ2) is 7.42. The maximum Gasteiger partial charge on any atom is 0.338 e. The average molecular weight is 356 g/mol. The lowest BCUT2D eigenvalue weighted by Crippen LogP contribution is -2.30. The van der Waals surface area contributed by atoms with Gasteiger partial charge in [-0.25, -0.2) is 13.2 Å². The van der Waals surface area contributed by atoms with E-state index in [-0.39, 0.29) is 23.1 Å². The van der Waals surface area contributed by atoms with Crippen LogP contribution in [0.5, 0.6) is 0 Å². The lowest BCUT2D eigenvalue weighted by Gasteiger charge is -2.18. The number of benzene rings is 1. The van der Waals surface area contributed by atoms with Crippen LogP contribution in [-0.4, -0.2) is 50.6 Å². The molecule has 9 heteroatoms. The van der Waals surface area contributed by atoms with Crippen LogP contribution in [-0.2, 0) is 14.8 Å². The van der Waals surface area contributed by atoms with Crippen molar-refractivity contribution < 1.29 is 23.1 Å². The van der Waals surface area contributed by atoms with Gasteiger partial charge in [-0.2, -0.15) is 4.31 Å². The Morgan fingerprint density at radius 3 is 2.52 bits per heavy atom. The zero-order valence-corrected chi connectivity index (χ0v) is 13.8. The lowest BCUT2D eigenvalue weighted by molar-refractivity contribution is 0.0697. The summed E-state index contributed by atoms with van der Waals surface area (Å²) in [6.45, 7) is 2.61. The average Bonchev–Trinajstić information content (AvgIpc) is 2.38. The van der Waals surface area contributed by atoms with E-state index >= 15 is 0 Å². The third-order valence-electron chi connectivity index (χ3n) is 2.71. The fourth-order valence-electron chi connectivity index (χ4n) is 1.55. The van der Waals surface area contributed by atoms with Crippen molar-refractivity contribution in [3.63, 3.8) is 0 Å². The topological polar surface area (TPSA) is 83.9 Å². The number of ether oxygens (including phenoxy) is 1. The highest BCUT2D eigenvalue weighted by Gasteiger charge is 2.27. The third kappa shape index (κ3) is 4.08. The number of likely N-dealkylation sites (N-methyl/N-ethyl adjacent to an activating group) is 1. The molecule has 0 saturated heterocycles. The van der Waals surface area contributed by atoms with Gasteiger partial charge in [0, 0.05) is 20.2 Å². The molecule has 0 amide bonds. The van der Waals surface area contributed by atoms with Crippen LogP contribution in [0.25, 0.3) is 0 Å². The minimum absolute atomic E-state index is 0.122. The zero-order valence-electron chi connectivity index (χ0n) is 11.5. The van der Waals surface area contributed by atoms with Gasteiger partial charge in [-0.15, -0.1) is 0 Å². The molecule has 0 fully saturated rings. The summed E-state index contributed by atoms with van der Waals surface area (Å²) in [6.07, 6.45) is 0. The molecule has 21 heavy (non-hydrogen) atoms. The van der Waals surface area contributed by atoms with E-state index in [0.29, 0.717) is 6.61 Å². The molecule has 0 radical (unpaired) electrons. The number of sulfonamides is 1. The van der Waals surface area contributed by atoms with Crippen molar-refractivity contribution in [1.82, 2.24) is 4.31 Å². The van der Waals surface area contributed by atoms with E-state index in [1.165, 1.54) is 19.2 Å². The first-order chi connectivity index (χ1) is 9.73. The van der Waals surface area contributed by atoms with Crippen molar-refractivity contribution in [2.24, 2.45) is 0 Å². The number of halogens is 2. The number of aromatic carboxylic acids is 1. The highest BCUT2D eigenvalue weighted by atomic mass is 35.5. The number of hydrogen-bond donors (Lipinski definition) is 1. The van der Waals surface area contributed by atoms with Crippen LogP contribution in [0.2, 0.25) is 10.0 Å². The van der Waals surface area contributed by atoms with Gasteiger partial charge in [-0.05, 0) is 19.1 Å². The number of nitrogens with zero attached hydrogens (tertiary/aromatic N) is 1. The number of carboxylic acids is 1. The van der Waals surface area contributed by atoms with Gasteiger partial charge < -0.3 is 9.84 Å². The molecule has 0 spiro atoms. The van der Waals surface area contributed by atoms with Crippen LogP contribution in [0.3, 0.4) is 0 Å². The van der Waals surface area contributed by atoms with Crippen LogP contribution in [0.1, 0.15) is 17.3 Å². The van der Waals surface area contributed by atoms with Crippen molar-refractivity contribution in [3.05, 3.63) is 27.7 Å². The van der Waals surface area contributed by atoms with Crippen molar-refractivity contribution in [2.75, 3.05) is 26.8 Å². The number of hydrogen-bond acceptors (Lipinski definition) is 4. The van der Waals surface area contributed by atoms with Gasteiger partial charge in [-0.1, -0.05) is 23.2 Å². The molecule has 0 unspecified atom stereocenters. The standard InChI is InChI=1S/C12H15Cl2NO5S/c1-3-20-7-6-15(2)21(18,19)9-5-4-8(13)10(11(9)14)12(16)17/h4-5H,3,6-7H2,1-2H3,(H,16,17). The Labute approximate surface area is 133 Å². The molecular weight excluding hydrogens is 341 g/mol. The van der Waals surface area contributed by atoms with E-state index in [4.69, 9.17) is 33.0 Å². The molecule has 1 rings (SSSR count). The predicted octanol–water partition coefficient (Wildman–Crippen LogP) is 2.35. The molecule has 0 atom stereocenters. The molecule has 118 valence electrons. The van der Waals surface area contributed by atoms with Crippen LogP contribution in [0.4, 0.5) is 0 Å². The Kier molecular flexibility index (Phi) is 6.42. The first-order valence-corrected chi connectivity index (χ1v) is 8.18. The Bertz CT molecular complexity index is 633. The Hall–Kier alpha value is -0.860. The van der Waals surface area contributed by atoms with Gasteiger partial charge in [0.15, 0.2) is 0 Å². The van der Waals surface area contributed by atoms with Crippen LogP contribution < -0.4 is 0 Å². The molecule has 0 aliphatic heterocycles. The SMILES string of the molecule is CCOCCN(C)S(=O)(=O)c1ccc(Cl)c(C(=O)O)c1Cl. The maximum atomic E-state index is 12.4. The van der Waals surface area contributed by atoms with Crippen molar-refractivity contribution in [3.8, 4) is 0 Å². The summed E-state index contributed by atoms with van der Waals surface area (Å²) in [7, 11) is -2.56. The molecule has 1 aromatic rings. The van der Waals surface area contributed by atoms with Crippen LogP contribution in [0.15, 0.2) is 17.0 Å². The minimum atomic E-state index is -3.92. The second-order valence-corrected chi connectivity index (χ2v) is 6.86. The molecule has 0 aromatic heterocycles. The fraction of sp³-hybridized carbons (Fsp3) is 0.417. The Balaban J connectivity index is 3.20. The third-order valence-corrected chi connectivity index (χ3v) is 5.43. The Morgan fingerprint density at radius 1 is 1.38 bits per heavy atom. The van der Waals surface area contributed by atoms with Gasteiger partial charge in [0.1, 0.15) is 4.90 Å². The van der Waals surface area contributed by atoms with E-state index in [1.54, 1.807) is 6.92 Å². The first-order valence-electron chi connectivity index (χ1n) is 5.98. The first kappa shape index (κ1) is 18.2. The molecule has 0 saturated carbocycles. The summed E-state index contributed by atoms with van der Waals surface area (Å²) in [4.78, 5) is 10.8. The highest BCUT2D eigenvalue weighted by Crippen LogP contribution is 2.32. The summed E-state index contributed by atoms with van der Waals surface area (Å²) in [5, 5.41) is 8.53. The zero-order chi connectivity index (χ0) is 16.2. The lowest BCUT2D eigenvalue weighted by atomic mass is 10.2. The normalized spacial score (nSPS) is 11.9. The summed E-state index contributed by atoms with van der Waals surface area (Å²) in [5.41, 5.74) is -0.433. The molecule has 6 nitrogen and oxygen atoms in total. The second-order valence-electron chi connectivity index (χ2n) is 4.06. The van der Waals surface area contributed by atoms with E-state index in [1.807, 2.05) is 0 Å². The number of rotatable bonds is 7. The van der Waals surface area contributed by atoms with E-state index < -0.39 is 26.6 Å². The molecule has 0 aliphatic carbocycles. The van der Waals surface area contributed by atoms with Gasteiger partial charge in [0.2, 0.25) is 10.0 Å². The molecule has 1 N–H and O–H groups in total. The van der Waals surface area contributed by atoms with Gasteiger partial charge in [-0.3, -0.25) is 0 Å². The van der Waals surface area contributed by atoms with Gasteiger partial charge >= 0.3 is 5.97 Å². The highest BCUT2D eigenvalue weighted by molar-refractivity contribution is 7.89. The van der Waals surface area contributed by atoms with Gasteiger partial charge in [0.05, 0.1) is 22.2 Å². The van der Waals surface area contributed by atoms with E-state index in [9.17, 15) is 13.2 Å². The molecule has 0 bridgehead atoms. The predicted molar refractivity (Wildman–Crippen MR) is 79.7 cm³/mol. The smallest absolute Gasteiger partial charge is 0.338 e. The minimum Gasteiger partial charge on any atom is -0.478 e. The number of carboxylic acid groups (broad SMARTS) is 1. The monoisotopic (exact) mass is 355 g/mol. The van der Waals surface area contributed by atoms with Crippen molar-refractivity contribution in [1.29, 1.82) is 0 Å². The van der Waals surface area contributed by atoms with Crippen LogP contribution in [0, 0.1) is 0 Å². The largest absolute Gasteiger partial charge is 0.478 e. The number of carbonyl (C=O) groups is 1. The van der Waals surface area contributed by atoms with Crippen LogP contribution >= 0.6 is 23.2 Å². The molecular formula is C12H15Cl2NO5S. The summed E-state index contributed by atoms with van der Waals surface area (Å²) in [5.74, 6) is -1.39. The summed E-state index contributed by atoms with van der Waals surface area (Å²) >= 11 is 11.6. The Morgan fingerprint density at radius 2 is 2.00 bits per heavy atom. The van der Waals surface area contributed by atoms with Crippen molar-refractivity contribution in [2.45, 2.75) is 11.8 Å². The molecule has 1 aromatic carbocycles. The van der Waals surface area contributed by atoms with E-state index in [0.717, 1.165) is 4.31 Å². The summed E-state index contributed by atoms with van der Waals surface area (Å²) < 4.78 is 30.9. The summed E-state index contributed by atoms with van der Waals surface area (Å²) in [6, 6.07) is 2.38. The molecule has 0 aliphatic rings. The van der Waals surface area contributed by atoms with Gasteiger partial charge in [0.25, 0.3) is 0 Å². The van der Waals surface area contributed by atoms with Crippen molar-refractivity contribution >= 4 is 39.2 Å². The maximum absolute atomic E-state index is 12.4. The molecule has 0 heterocycles. The quantitative estimate of drug-likeness (QED) is 0.758. The fourth-order valence-corrected chi connectivity index (χ4v) is 3.60. The van der Waals surface area contributed by atoms with E-state index in [2.05, 4.69) is 0 Å².